The molecule has 1 N–H and O–H groups in total. The van der Waals surface area contributed by atoms with Crippen LogP contribution in [0.15, 0.2) is 54.6 Å². The van der Waals surface area contributed by atoms with Crippen LogP contribution in [0.1, 0.15) is 18.9 Å². The fourth-order valence-electron chi connectivity index (χ4n) is 3.88. The average Bonchev–Trinajstić information content (AvgIpc) is 2.89. The molecule has 0 radical (unpaired) electrons. The molecule has 3 rings (SSSR count). The molecule has 2 aromatic carbocycles. The van der Waals surface area contributed by atoms with Crippen LogP contribution in [0.4, 0.5) is 0 Å². The van der Waals surface area contributed by atoms with Crippen LogP contribution < -0.4 is 0 Å². The summed E-state index contributed by atoms with van der Waals surface area (Å²) in [5.41, 5.74) is 3.33. The lowest BCUT2D eigenvalue weighted by atomic mass is 9.91. The Bertz CT molecular complexity index is 807. The molecule has 0 bridgehead atoms. The molecule has 1 aliphatic heterocycles. The number of amides is 2. The molecule has 28 heavy (non-hydrogen) atoms. The van der Waals surface area contributed by atoms with Crippen molar-refractivity contribution >= 4 is 11.8 Å². The van der Waals surface area contributed by atoms with Crippen molar-refractivity contribution in [1.82, 2.24) is 9.80 Å². The summed E-state index contributed by atoms with van der Waals surface area (Å²) in [4.78, 5) is 28.8. The van der Waals surface area contributed by atoms with Crippen LogP contribution in [-0.4, -0.2) is 59.5 Å². The fourth-order valence-corrected chi connectivity index (χ4v) is 3.88. The normalized spacial score (nSPS) is 17.5. The summed E-state index contributed by atoms with van der Waals surface area (Å²) in [5.74, 6) is -0.528. The summed E-state index contributed by atoms with van der Waals surface area (Å²) in [7, 11) is 0. The molecule has 0 aliphatic carbocycles. The zero-order valence-corrected chi connectivity index (χ0v) is 16.4. The van der Waals surface area contributed by atoms with E-state index in [-0.39, 0.29) is 17.7 Å². The molecule has 2 aromatic rings. The van der Waals surface area contributed by atoms with E-state index in [2.05, 4.69) is 31.2 Å². The number of rotatable bonds is 6. The van der Waals surface area contributed by atoms with Gasteiger partial charge < -0.3 is 14.9 Å². The molecule has 0 spiro atoms. The Hall–Kier alpha value is -2.66. The minimum absolute atomic E-state index is 0.0953. The van der Waals surface area contributed by atoms with Crippen LogP contribution in [0.25, 0.3) is 11.1 Å². The van der Waals surface area contributed by atoms with Crippen molar-refractivity contribution in [1.29, 1.82) is 0 Å². The molecule has 0 saturated carbocycles. The van der Waals surface area contributed by atoms with Crippen LogP contribution in [-0.2, 0) is 16.0 Å². The van der Waals surface area contributed by atoms with Gasteiger partial charge in [-0.05, 0) is 29.5 Å². The summed E-state index contributed by atoms with van der Waals surface area (Å²) >= 11 is 0. The van der Waals surface area contributed by atoms with E-state index in [9.17, 15) is 14.7 Å². The Kier molecular flexibility index (Phi) is 6.82. The summed E-state index contributed by atoms with van der Waals surface area (Å²) < 4.78 is 0. The number of nitrogens with zero attached hydrogens (tertiary/aromatic N) is 2. The van der Waals surface area contributed by atoms with Gasteiger partial charge in [-0.2, -0.15) is 0 Å². The van der Waals surface area contributed by atoms with E-state index in [1.807, 2.05) is 35.2 Å². The van der Waals surface area contributed by atoms with Gasteiger partial charge in [0.05, 0.1) is 5.92 Å². The predicted molar refractivity (Wildman–Crippen MR) is 110 cm³/mol. The van der Waals surface area contributed by atoms with Crippen LogP contribution >= 0.6 is 0 Å². The second-order valence-electron chi connectivity index (χ2n) is 7.25. The Labute approximate surface area is 166 Å². The summed E-state index contributed by atoms with van der Waals surface area (Å²) in [5, 5.41) is 9.29. The highest BCUT2D eigenvalue weighted by molar-refractivity contribution is 5.83. The monoisotopic (exact) mass is 380 g/mol. The maximum Gasteiger partial charge on any atom is 0.248 e. The highest BCUT2D eigenvalue weighted by atomic mass is 16.3. The van der Waals surface area contributed by atoms with Crippen molar-refractivity contribution < 1.29 is 14.7 Å². The first-order valence-corrected chi connectivity index (χ1v) is 9.94. The van der Waals surface area contributed by atoms with E-state index in [1.54, 1.807) is 4.90 Å². The number of aliphatic hydroxyl groups is 1. The predicted octanol–water partition coefficient (Wildman–Crippen LogP) is 2.59. The topological polar surface area (TPSA) is 60.9 Å². The van der Waals surface area contributed by atoms with Gasteiger partial charge >= 0.3 is 0 Å². The summed E-state index contributed by atoms with van der Waals surface area (Å²) in [6.45, 7) is 3.57. The Morgan fingerprint density at radius 3 is 2.50 bits per heavy atom. The lowest BCUT2D eigenvalue weighted by Gasteiger charge is -2.24. The Morgan fingerprint density at radius 1 is 1.07 bits per heavy atom. The van der Waals surface area contributed by atoms with E-state index in [0.29, 0.717) is 32.6 Å². The molecule has 1 fully saturated rings. The molecule has 5 heteroatoms. The lowest BCUT2D eigenvalue weighted by Crippen LogP contribution is -2.39. The highest BCUT2D eigenvalue weighted by Gasteiger charge is 2.32. The van der Waals surface area contributed by atoms with Crippen molar-refractivity contribution in [2.75, 3.05) is 32.8 Å². The number of carbonyl (C=O) groups is 2. The van der Waals surface area contributed by atoms with Gasteiger partial charge in [0.2, 0.25) is 11.8 Å². The maximum atomic E-state index is 13.2. The largest absolute Gasteiger partial charge is 0.387 e. The molecule has 2 amide bonds. The quantitative estimate of drug-likeness (QED) is 0.838. The van der Waals surface area contributed by atoms with Gasteiger partial charge in [-0.15, -0.1) is 0 Å². The van der Waals surface area contributed by atoms with Crippen molar-refractivity contribution in [3.63, 3.8) is 0 Å². The van der Waals surface area contributed by atoms with Crippen LogP contribution in [0, 0.1) is 5.92 Å². The molecule has 1 heterocycles. The van der Waals surface area contributed by atoms with Gasteiger partial charge in [-0.25, -0.2) is 0 Å². The van der Waals surface area contributed by atoms with Crippen molar-refractivity contribution in [2.45, 2.75) is 19.8 Å². The molecule has 1 saturated heterocycles. The molecule has 1 unspecified atom stereocenters. The van der Waals surface area contributed by atoms with E-state index >= 15 is 0 Å². The van der Waals surface area contributed by atoms with Crippen molar-refractivity contribution in [3.8, 4) is 11.1 Å². The van der Waals surface area contributed by atoms with Crippen molar-refractivity contribution in [3.05, 3.63) is 60.2 Å². The molecule has 5 nitrogen and oxygen atoms in total. The van der Waals surface area contributed by atoms with Crippen molar-refractivity contribution in [2.24, 2.45) is 5.92 Å². The minimum Gasteiger partial charge on any atom is -0.387 e. The molecule has 148 valence electrons. The number of aliphatic hydroxyl groups excluding tert-OH is 1. The summed E-state index contributed by atoms with van der Waals surface area (Å²) in [6.07, 6.45) is 1.45. The zero-order valence-electron chi connectivity index (χ0n) is 16.4. The zero-order chi connectivity index (χ0) is 19.9. The maximum absolute atomic E-state index is 13.2. The van der Waals surface area contributed by atoms with Gasteiger partial charge in [0.1, 0.15) is 6.61 Å². The van der Waals surface area contributed by atoms with Gasteiger partial charge in [0.25, 0.3) is 0 Å². The Morgan fingerprint density at radius 2 is 1.79 bits per heavy atom. The first-order valence-electron chi connectivity index (χ1n) is 9.94. The number of hydrogen-bond donors (Lipinski definition) is 1. The first kappa shape index (κ1) is 20.1. The molecule has 1 atom stereocenters. The summed E-state index contributed by atoms with van der Waals surface area (Å²) in [6, 6.07) is 18.3. The van der Waals surface area contributed by atoms with Crippen LogP contribution in [0.5, 0.6) is 0 Å². The fraction of sp³-hybridized carbons (Fsp3) is 0.391. The molecule has 1 aliphatic rings. The second-order valence-corrected chi connectivity index (χ2v) is 7.25. The second kappa shape index (κ2) is 9.51. The van der Waals surface area contributed by atoms with Gasteiger partial charge in [0, 0.05) is 26.2 Å². The number of hydrogen-bond acceptors (Lipinski definition) is 3. The van der Waals surface area contributed by atoms with Crippen LogP contribution in [0.2, 0.25) is 0 Å². The van der Waals surface area contributed by atoms with E-state index in [4.69, 9.17) is 0 Å². The minimum atomic E-state index is -0.519. The third-order valence-corrected chi connectivity index (χ3v) is 5.29. The standard InChI is InChI=1S/C23H28N2O3/c1-2-12-24-13-14-25(22(27)17-26)16-20(23(24)28)15-19-10-6-7-11-21(19)18-8-4-3-5-9-18/h3-11,20,26H,2,12-17H2,1H3. The van der Waals surface area contributed by atoms with E-state index in [1.165, 1.54) is 0 Å². The number of benzene rings is 2. The third-order valence-electron chi connectivity index (χ3n) is 5.29. The molecular weight excluding hydrogens is 352 g/mol. The van der Waals surface area contributed by atoms with Gasteiger partial charge in [-0.3, -0.25) is 9.59 Å². The SMILES string of the molecule is CCCN1CCN(C(=O)CO)CC(Cc2ccccc2-c2ccccc2)C1=O. The third kappa shape index (κ3) is 4.60. The van der Waals surface area contributed by atoms with Gasteiger partial charge in [0.15, 0.2) is 0 Å². The van der Waals surface area contributed by atoms with Gasteiger partial charge in [-0.1, -0.05) is 61.5 Å². The van der Waals surface area contributed by atoms with E-state index in [0.717, 1.165) is 23.1 Å². The van der Waals surface area contributed by atoms with E-state index < -0.39 is 6.61 Å². The first-order chi connectivity index (χ1) is 13.6. The lowest BCUT2D eigenvalue weighted by molar-refractivity contribution is -0.135. The smallest absolute Gasteiger partial charge is 0.248 e. The molecular formula is C23H28N2O3. The van der Waals surface area contributed by atoms with Crippen LogP contribution in [0.3, 0.4) is 0 Å². The number of carbonyl (C=O) groups excluding carboxylic acids is 2. The highest BCUT2D eigenvalue weighted by Crippen LogP contribution is 2.27. The molecule has 0 aromatic heterocycles. The average molecular weight is 380 g/mol. The Balaban J connectivity index is 1.90.